The van der Waals surface area contributed by atoms with Gasteiger partial charge in [-0.2, -0.15) is 0 Å². The lowest BCUT2D eigenvalue weighted by atomic mass is 10.3. The number of likely N-dealkylation sites (N-methyl/N-ethyl adjacent to an activating group) is 1. The first-order valence-electron chi connectivity index (χ1n) is 6.54. The topological polar surface area (TPSA) is 58.8 Å². The molecule has 0 aliphatic carbocycles. The molecule has 20 heavy (non-hydrogen) atoms. The van der Waals surface area contributed by atoms with E-state index in [2.05, 4.69) is 16.8 Å². The fourth-order valence-corrected chi connectivity index (χ4v) is 2.33. The molecule has 0 aromatic heterocycles. The van der Waals surface area contributed by atoms with E-state index < -0.39 is 4.92 Å². The Morgan fingerprint density at radius 1 is 1.35 bits per heavy atom. The average Bonchev–Trinajstić information content (AvgIpc) is 2.41. The molecule has 1 fully saturated rings. The van der Waals surface area contributed by atoms with E-state index in [-0.39, 0.29) is 10.7 Å². The van der Waals surface area contributed by atoms with Gasteiger partial charge in [0.2, 0.25) is 0 Å². The number of ether oxygens (including phenoxy) is 1. The van der Waals surface area contributed by atoms with Gasteiger partial charge in [-0.05, 0) is 13.1 Å². The summed E-state index contributed by atoms with van der Waals surface area (Å²) in [5.74, 6) is 0.565. The van der Waals surface area contributed by atoms with Gasteiger partial charge in [0.05, 0.1) is 4.92 Å². The Hall–Kier alpha value is -1.37. The second kappa shape index (κ2) is 6.88. The molecule has 0 saturated carbocycles. The van der Waals surface area contributed by atoms with Crippen molar-refractivity contribution < 1.29 is 9.66 Å². The van der Waals surface area contributed by atoms with Crippen molar-refractivity contribution in [3.05, 3.63) is 33.3 Å². The Kier molecular flexibility index (Phi) is 5.17. The molecule has 1 saturated heterocycles. The highest BCUT2D eigenvalue weighted by Crippen LogP contribution is 2.28. The van der Waals surface area contributed by atoms with Gasteiger partial charge in [0.15, 0.2) is 0 Å². The largest absolute Gasteiger partial charge is 0.492 e. The minimum absolute atomic E-state index is 0.0990. The fourth-order valence-electron chi connectivity index (χ4n) is 2.09. The molecule has 0 spiro atoms. The Morgan fingerprint density at radius 2 is 2.05 bits per heavy atom. The molecular weight excluding hydrogens is 282 g/mol. The van der Waals surface area contributed by atoms with Gasteiger partial charge < -0.3 is 9.64 Å². The molecule has 0 unspecified atom stereocenters. The predicted octanol–water partition coefficient (Wildman–Crippen LogP) is 1.87. The molecule has 0 N–H and O–H groups in total. The zero-order chi connectivity index (χ0) is 14.5. The minimum atomic E-state index is -0.504. The van der Waals surface area contributed by atoms with Gasteiger partial charge in [0.25, 0.3) is 5.69 Å². The fraction of sp³-hybridized carbons (Fsp3) is 0.538. The molecule has 0 amide bonds. The summed E-state index contributed by atoms with van der Waals surface area (Å²) in [6.45, 7) is 5.63. The van der Waals surface area contributed by atoms with E-state index >= 15 is 0 Å². The van der Waals surface area contributed by atoms with Crippen LogP contribution in [-0.2, 0) is 0 Å². The standard InChI is InChI=1S/C13H18ClN3O3/c1-15-4-6-16(7-5-15)8-9-20-11-2-3-13(17(18)19)12(14)10-11/h2-3,10H,4-9H2,1H3. The zero-order valence-electron chi connectivity index (χ0n) is 11.4. The quantitative estimate of drug-likeness (QED) is 0.614. The smallest absolute Gasteiger partial charge is 0.288 e. The van der Waals surface area contributed by atoms with Gasteiger partial charge in [-0.25, -0.2) is 0 Å². The molecule has 1 heterocycles. The summed E-state index contributed by atoms with van der Waals surface area (Å²) in [6.07, 6.45) is 0. The van der Waals surface area contributed by atoms with Crippen molar-refractivity contribution in [1.29, 1.82) is 0 Å². The van der Waals surface area contributed by atoms with Crippen LogP contribution in [0.2, 0.25) is 5.02 Å². The summed E-state index contributed by atoms with van der Waals surface area (Å²) >= 11 is 5.83. The van der Waals surface area contributed by atoms with E-state index in [1.54, 1.807) is 6.07 Å². The highest BCUT2D eigenvalue weighted by molar-refractivity contribution is 6.32. The molecule has 6 nitrogen and oxygen atoms in total. The monoisotopic (exact) mass is 299 g/mol. The van der Waals surface area contributed by atoms with Crippen LogP contribution in [0.4, 0.5) is 5.69 Å². The molecule has 1 aliphatic rings. The van der Waals surface area contributed by atoms with Gasteiger partial charge in [-0.3, -0.25) is 15.0 Å². The van der Waals surface area contributed by atoms with Crippen LogP contribution in [0.3, 0.4) is 0 Å². The number of hydrogen-bond acceptors (Lipinski definition) is 5. The van der Waals surface area contributed by atoms with Crippen LogP contribution >= 0.6 is 11.6 Å². The summed E-state index contributed by atoms with van der Waals surface area (Å²) in [5.41, 5.74) is -0.0990. The number of nitro groups is 1. The van der Waals surface area contributed by atoms with Gasteiger partial charge in [0, 0.05) is 44.9 Å². The number of benzene rings is 1. The predicted molar refractivity (Wildman–Crippen MR) is 77.5 cm³/mol. The van der Waals surface area contributed by atoms with Crippen LogP contribution < -0.4 is 4.74 Å². The van der Waals surface area contributed by atoms with E-state index in [1.807, 2.05) is 0 Å². The number of halogens is 1. The number of piperazine rings is 1. The molecule has 7 heteroatoms. The summed E-state index contributed by atoms with van der Waals surface area (Å²) in [6, 6.07) is 4.44. The maximum Gasteiger partial charge on any atom is 0.288 e. The van der Waals surface area contributed by atoms with E-state index in [0.717, 1.165) is 32.7 Å². The van der Waals surface area contributed by atoms with Gasteiger partial charge in [-0.15, -0.1) is 0 Å². The van der Waals surface area contributed by atoms with Gasteiger partial charge in [0.1, 0.15) is 17.4 Å². The summed E-state index contributed by atoms with van der Waals surface area (Å²) in [4.78, 5) is 14.8. The van der Waals surface area contributed by atoms with Crippen LogP contribution in [0, 0.1) is 10.1 Å². The molecule has 1 aromatic carbocycles. The lowest BCUT2D eigenvalue weighted by Gasteiger charge is -2.32. The Balaban J connectivity index is 1.79. The molecule has 0 bridgehead atoms. The van der Waals surface area contributed by atoms with Crippen molar-refractivity contribution in [2.24, 2.45) is 0 Å². The SMILES string of the molecule is CN1CCN(CCOc2ccc([N+](=O)[O-])c(Cl)c2)CC1. The second-order valence-corrected chi connectivity index (χ2v) is 5.27. The van der Waals surface area contributed by atoms with Crippen LogP contribution in [0.1, 0.15) is 0 Å². The Bertz CT molecular complexity index is 476. The van der Waals surface area contributed by atoms with E-state index in [4.69, 9.17) is 16.3 Å². The first kappa shape index (κ1) is 15.0. The normalized spacial score (nSPS) is 17.1. The third-order valence-corrected chi connectivity index (χ3v) is 3.69. The van der Waals surface area contributed by atoms with Crippen molar-refractivity contribution >= 4 is 17.3 Å². The lowest BCUT2D eigenvalue weighted by Crippen LogP contribution is -2.45. The van der Waals surface area contributed by atoms with Crippen LogP contribution in [0.5, 0.6) is 5.75 Å². The first-order valence-corrected chi connectivity index (χ1v) is 6.91. The molecule has 2 rings (SSSR count). The maximum absolute atomic E-state index is 10.6. The highest BCUT2D eigenvalue weighted by atomic mass is 35.5. The molecular formula is C13H18ClN3O3. The third kappa shape index (κ3) is 4.06. The highest BCUT2D eigenvalue weighted by Gasteiger charge is 2.14. The van der Waals surface area contributed by atoms with Crippen molar-refractivity contribution in [1.82, 2.24) is 9.80 Å². The molecule has 0 atom stereocenters. The minimum Gasteiger partial charge on any atom is -0.492 e. The third-order valence-electron chi connectivity index (χ3n) is 3.39. The molecule has 110 valence electrons. The van der Waals surface area contributed by atoms with E-state index in [9.17, 15) is 10.1 Å². The number of nitro benzene ring substituents is 1. The average molecular weight is 300 g/mol. The van der Waals surface area contributed by atoms with Gasteiger partial charge in [-0.1, -0.05) is 11.6 Å². The molecule has 0 radical (unpaired) electrons. The van der Waals surface area contributed by atoms with Crippen molar-refractivity contribution in [3.63, 3.8) is 0 Å². The first-order chi connectivity index (χ1) is 9.56. The lowest BCUT2D eigenvalue weighted by molar-refractivity contribution is -0.384. The zero-order valence-corrected chi connectivity index (χ0v) is 12.2. The summed E-state index contributed by atoms with van der Waals surface area (Å²) < 4.78 is 5.59. The van der Waals surface area contributed by atoms with E-state index in [1.165, 1.54) is 12.1 Å². The number of rotatable bonds is 5. The van der Waals surface area contributed by atoms with Crippen molar-refractivity contribution in [2.75, 3.05) is 46.4 Å². The van der Waals surface area contributed by atoms with Crippen LogP contribution in [0.15, 0.2) is 18.2 Å². The number of nitrogens with zero attached hydrogens (tertiary/aromatic N) is 3. The molecule has 1 aromatic rings. The summed E-state index contributed by atoms with van der Waals surface area (Å²) in [7, 11) is 2.12. The Morgan fingerprint density at radius 3 is 2.65 bits per heavy atom. The molecule has 1 aliphatic heterocycles. The second-order valence-electron chi connectivity index (χ2n) is 4.86. The Labute approximate surface area is 123 Å². The van der Waals surface area contributed by atoms with Crippen LogP contribution in [-0.4, -0.2) is 61.1 Å². The maximum atomic E-state index is 10.6. The number of hydrogen-bond donors (Lipinski definition) is 0. The van der Waals surface area contributed by atoms with Crippen molar-refractivity contribution in [3.8, 4) is 5.75 Å². The summed E-state index contributed by atoms with van der Waals surface area (Å²) in [5, 5.41) is 10.8. The van der Waals surface area contributed by atoms with E-state index in [0.29, 0.717) is 12.4 Å². The van der Waals surface area contributed by atoms with Crippen LogP contribution in [0.25, 0.3) is 0 Å². The van der Waals surface area contributed by atoms with Crippen molar-refractivity contribution in [2.45, 2.75) is 0 Å². The van der Waals surface area contributed by atoms with Gasteiger partial charge >= 0.3 is 0 Å².